The van der Waals surface area contributed by atoms with Crippen LogP contribution in [-0.2, 0) is 12.6 Å². The van der Waals surface area contributed by atoms with Crippen molar-refractivity contribution in [2.45, 2.75) is 32.9 Å². The first-order valence-electron chi connectivity index (χ1n) is 8.26. The number of aryl methyl sites for hydroxylation is 2. The van der Waals surface area contributed by atoms with Crippen LogP contribution in [0.15, 0.2) is 42.6 Å². The van der Waals surface area contributed by atoms with Gasteiger partial charge in [0.05, 0.1) is 11.3 Å². The number of nitrogens with zero attached hydrogens (tertiary/aromatic N) is 2. The maximum absolute atomic E-state index is 13.1. The quantitative estimate of drug-likeness (QED) is 0.721. The summed E-state index contributed by atoms with van der Waals surface area (Å²) in [5.74, 6) is -0.482. The van der Waals surface area contributed by atoms with Gasteiger partial charge < -0.3 is 5.32 Å². The standard InChI is InChI=1S/C19H18F3N3O/c1-3-4-15-17(18(26)23-14-8-5-12(2)6-9-14)25-11-13(19(20,21)22)7-10-16(25)24-15/h5-11H,3-4H2,1-2H3,(H,23,26). The lowest BCUT2D eigenvalue weighted by atomic mass is 10.2. The van der Waals surface area contributed by atoms with E-state index in [0.717, 1.165) is 24.2 Å². The zero-order chi connectivity index (χ0) is 18.9. The van der Waals surface area contributed by atoms with Crippen LogP contribution in [0.5, 0.6) is 0 Å². The number of carbonyl (C=O) groups is 1. The minimum absolute atomic E-state index is 0.133. The number of alkyl halides is 3. The van der Waals surface area contributed by atoms with E-state index in [1.165, 1.54) is 10.5 Å². The monoisotopic (exact) mass is 361 g/mol. The molecule has 0 radical (unpaired) electrons. The molecule has 0 aliphatic carbocycles. The summed E-state index contributed by atoms with van der Waals surface area (Å²) in [5.41, 5.74) is 1.72. The molecule has 0 aliphatic rings. The van der Waals surface area contributed by atoms with Crippen LogP contribution in [0.3, 0.4) is 0 Å². The molecule has 136 valence electrons. The van der Waals surface area contributed by atoms with E-state index >= 15 is 0 Å². The molecule has 2 heterocycles. The molecule has 4 nitrogen and oxygen atoms in total. The number of amides is 1. The number of halogens is 3. The molecule has 1 amide bonds. The molecular formula is C19H18F3N3O. The lowest BCUT2D eigenvalue weighted by Crippen LogP contribution is -2.17. The Morgan fingerprint density at radius 1 is 1.15 bits per heavy atom. The Balaban J connectivity index is 2.07. The Kier molecular flexibility index (Phi) is 4.71. The van der Waals surface area contributed by atoms with Crippen LogP contribution in [0.1, 0.15) is 40.7 Å². The highest BCUT2D eigenvalue weighted by atomic mass is 19.4. The van der Waals surface area contributed by atoms with Crippen LogP contribution in [-0.4, -0.2) is 15.3 Å². The number of carbonyl (C=O) groups excluding carboxylic acids is 1. The molecule has 0 fully saturated rings. The van der Waals surface area contributed by atoms with E-state index in [1.807, 2.05) is 26.0 Å². The summed E-state index contributed by atoms with van der Waals surface area (Å²) in [6.07, 6.45) is -2.35. The third kappa shape index (κ3) is 3.56. The van der Waals surface area contributed by atoms with Crippen molar-refractivity contribution in [2.75, 3.05) is 5.32 Å². The fraction of sp³-hybridized carbons (Fsp3) is 0.263. The number of fused-ring (bicyclic) bond motifs is 1. The Bertz CT molecular complexity index is 943. The first kappa shape index (κ1) is 18.0. The average molecular weight is 361 g/mol. The fourth-order valence-corrected chi connectivity index (χ4v) is 2.74. The molecule has 7 heteroatoms. The second-order valence-corrected chi connectivity index (χ2v) is 6.12. The van der Waals surface area contributed by atoms with Crippen LogP contribution in [0.25, 0.3) is 5.65 Å². The van der Waals surface area contributed by atoms with Crippen LogP contribution in [0.4, 0.5) is 18.9 Å². The van der Waals surface area contributed by atoms with Crippen molar-refractivity contribution in [1.82, 2.24) is 9.38 Å². The molecule has 1 aromatic carbocycles. The topological polar surface area (TPSA) is 46.4 Å². The van der Waals surface area contributed by atoms with E-state index in [0.29, 0.717) is 23.4 Å². The molecule has 0 atom stereocenters. The third-order valence-corrected chi connectivity index (χ3v) is 4.03. The van der Waals surface area contributed by atoms with Gasteiger partial charge in [-0.1, -0.05) is 31.0 Å². The van der Waals surface area contributed by atoms with E-state index in [9.17, 15) is 18.0 Å². The Morgan fingerprint density at radius 2 is 1.85 bits per heavy atom. The fourth-order valence-electron chi connectivity index (χ4n) is 2.74. The van der Waals surface area contributed by atoms with Gasteiger partial charge in [-0.05, 0) is 37.6 Å². The van der Waals surface area contributed by atoms with Crippen LogP contribution in [0.2, 0.25) is 0 Å². The summed E-state index contributed by atoms with van der Waals surface area (Å²) >= 11 is 0. The number of rotatable bonds is 4. The Labute approximate surface area is 148 Å². The normalized spacial score (nSPS) is 11.7. The van der Waals surface area contributed by atoms with E-state index in [4.69, 9.17) is 0 Å². The minimum atomic E-state index is -4.49. The highest BCUT2D eigenvalue weighted by Gasteiger charge is 2.32. The molecule has 0 unspecified atom stereocenters. The SMILES string of the molecule is CCCc1nc2ccc(C(F)(F)F)cn2c1C(=O)Nc1ccc(C)cc1. The van der Waals surface area contributed by atoms with Crippen molar-refractivity contribution in [3.05, 3.63) is 65.1 Å². The van der Waals surface area contributed by atoms with Gasteiger partial charge >= 0.3 is 6.18 Å². The number of hydrogen-bond acceptors (Lipinski definition) is 2. The second kappa shape index (κ2) is 6.82. The van der Waals surface area contributed by atoms with Gasteiger partial charge in [0.15, 0.2) is 0 Å². The molecule has 3 rings (SSSR count). The maximum Gasteiger partial charge on any atom is 0.417 e. The van der Waals surface area contributed by atoms with Crippen molar-refractivity contribution in [3.8, 4) is 0 Å². The van der Waals surface area contributed by atoms with Crippen LogP contribution in [0, 0.1) is 6.92 Å². The zero-order valence-electron chi connectivity index (χ0n) is 14.4. The molecule has 26 heavy (non-hydrogen) atoms. The van der Waals surface area contributed by atoms with Gasteiger partial charge in [-0.25, -0.2) is 4.98 Å². The molecule has 0 saturated heterocycles. The van der Waals surface area contributed by atoms with Gasteiger partial charge in [0.2, 0.25) is 0 Å². The first-order chi connectivity index (χ1) is 12.3. The lowest BCUT2D eigenvalue weighted by Gasteiger charge is -2.10. The zero-order valence-corrected chi connectivity index (χ0v) is 14.4. The number of nitrogens with one attached hydrogen (secondary N) is 1. The number of anilines is 1. The highest BCUT2D eigenvalue weighted by molar-refractivity contribution is 6.04. The van der Waals surface area contributed by atoms with Gasteiger partial charge in [0, 0.05) is 11.9 Å². The first-order valence-corrected chi connectivity index (χ1v) is 8.26. The van der Waals surface area contributed by atoms with Gasteiger partial charge in [0.1, 0.15) is 11.3 Å². The van der Waals surface area contributed by atoms with E-state index in [-0.39, 0.29) is 5.69 Å². The summed E-state index contributed by atoms with van der Waals surface area (Å²) < 4.78 is 40.4. The molecule has 0 saturated carbocycles. The van der Waals surface area contributed by atoms with Crippen LogP contribution < -0.4 is 5.32 Å². The number of hydrogen-bond donors (Lipinski definition) is 1. The Morgan fingerprint density at radius 3 is 2.46 bits per heavy atom. The lowest BCUT2D eigenvalue weighted by molar-refractivity contribution is -0.137. The van der Waals surface area contributed by atoms with E-state index < -0.39 is 17.6 Å². The average Bonchev–Trinajstić information content (AvgIpc) is 2.93. The summed E-state index contributed by atoms with van der Waals surface area (Å²) in [7, 11) is 0. The summed E-state index contributed by atoms with van der Waals surface area (Å²) in [4.78, 5) is 17.1. The van der Waals surface area contributed by atoms with Crippen molar-refractivity contribution in [1.29, 1.82) is 0 Å². The summed E-state index contributed by atoms with van der Waals surface area (Å²) in [6.45, 7) is 3.85. The summed E-state index contributed by atoms with van der Waals surface area (Å²) in [6, 6.07) is 9.44. The highest BCUT2D eigenvalue weighted by Crippen LogP contribution is 2.30. The largest absolute Gasteiger partial charge is 0.417 e. The Hall–Kier alpha value is -2.83. The number of imidazole rings is 1. The van der Waals surface area contributed by atoms with Gasteiger partial charge in [-0.15, -0.1) is 0 Å². The third-order valence-electron chi connectivity index (χ3n) is 4.03. The summed E-state index contributed by atoms with van der Waals surface area (Å²) in [5, 5.41) is 2.74. The molecule has 0 spiro atoms. The molecule has 2 aromatic heterocycles. The van der Waals surface area contributed by atoms with E-state index in [2.05, 4.69) is 10.3 Å². The van der Waals surface area contributed by atoms with Crippen molar-refractivity contribution in [3.63, 3.8) is 0 Å². The van der Waals surface area contributed by atoms with Crippen molar-refractivity contribution in [2.24, 2.45) is 0 Å². The van der Waals surface area contributed by atoms with Crippen LogP contribution >= 0.6 is 0 Å². The smallest absolute Gasteiger partial charge is 0.321 e. The molecule has 3 aromatic rings. The van der Waals surface area contributed by atoms with Gasteiger partial charge in [-0.3, -0.25) is 9.20 Å². The molecule has 0 aliphatic heterocycles. The predicted octanol–water partition coefficient (Wildman–Crippen LogP) is 4.87. The number of benzene rings is 1. The number of aromatic nitrogens is 2. The van der Waals surface area contributed by atoms with Crippen molar-refractivity contribution >= 4 is 17.2 Å². The van der Waals surface area contributed by atoms with Gasteiger partial charge in [0.25, 0.3) is 5.91 Å². The second-order valence-electron chi connectivity index (χ2n) is 6.12. The predicted molar refractivity (Wildman–Crippen MR) is 93.3 cm³/mol. The molecule has 1 N–H and O–H groups in total. The number of pyridine rings is 1. The maximum atomic E-state index is 13.1. The molecule has 0 bridgehead atoms. The molecular weight excluding hydrogens is 343 g/mol. The minimum Gasteiger partial charge on any atom is -0.321 e. The van der Waals surface area contributed by atoms with Gasteiger partial charge in [-0.2, -0.15) is 13.2 Å². The van der Waals surface area contributed by atoms with Crippen molar-refractivity contribution < 1.29 is 18.0 Å². The van der Waals surface area contributed by atoms with E-state index in [1.54, 1.807) is 12.1 Å².